The fourth-order valence-electron chi connectivity index (χ4n) is 2.57. The van der Waals surface area contributed by atoms with Gasteiger partial charge in [-0.15, -0.1) is 0 Å². The Morgan fingerprint density at radius 1 is 0.583 bits per heavy atom. The third kappa shape index (κ3) is 2.54. The summed E-state index contributed by atoms with van der Waals surface area (Å²) in [7, 11) is 0. The van der Waals surface area contributed by atoms with E-state index in [1.54, 1.807) is 42.5 Å². The zero-order valence-electron chi connectivity index (χ0n) is 12.6. The molecule has 0 radical (unpaired) electrons. The molecule has 0 spiro atoms. The lowest BCUT2D eigenvalue weighted by Crippen LogP contribution is -2.13. The fourth-order valence-corrected chi connectivity index (χ4v) is 2.57. The van der Waals surface area contributed by atoms with Crippen molar-refractivity contribution in [3.05, 3.63) is 83.9 Å². The van der Waals surface area contributed by atoms with Gasteiger partial charge in [0.1, 0.15) is 11.5 Å². The van der Waals surface area contributed by atoms with E-state index >= 15 is 0 Å². The second kappa shape index (κ2) is 5.66. The number of hydrogen-bond donors (Lipinski definition) is 0. The first-order chi connectivity index (χ1) is 11.7. The highest BCUT2D eigenvalue weighted by Gasteiger charge is 2.18. The molecule has 7 rings (SSSR count). The van der Waals surface area contributed by atoms with Crippen LogP contribution in [0.15, 0.2) is 72.8 Å². The molecule has 0 atom stereocenters. The van der Waals surface area contributed by atoms with Crippen LogP contribution in [-0.4, -0.2) is 11.9 Å². The van der Waals surface area contributed by atoms with E-state index in [1.165, 1.54) is 0 Å². The molecule has 4 bridgehead atoms. The van der Waals surface area contributed by atoms with Gasteiger partial charge in [-0.05, 0) is 48.0 Å². The van der Waals surface area contributed by atoms with E-state index in [1.807, 2.05) is 30.3 Å². The van der Waals surface area contributed by atoms with Crippen LogP contribution >= 0.6 is 0 Å². The Bertz CT molecular complexity index is 928. The molecule has 24 heavy (non-hydrogen) atoms. The van der Waals surface area contributed by atoms with Crippen LogP contribution in [0.3, 0.4) is 0 Å². The van der Waals surface area contributed by atoms with Gasteiger partial charge >= 0.3 is 11.9 Å². The molecule has 3 aromatic carbocycles. The number of carbonyl (C=O) groups is 2. The summed E-state index contributed by atoms with van der Waals surface area (Å²) in [5, 5.41) is 0. The zero-order valence-corrected chi connectivity index (χ0v) is 12.6. The predicted octanol–water partition coefficient (Wildman–Crippen LogP) is 4.11. The van der Waals surface area contributed by atoms with Crippen LogP contribution < -0.4 is 9.47 Å². The molecular formula is C20H12O4. The van der Waals surface area contributed by atoms with Crippen molar-refractivity contribution in [2.45, 2.75) is 0 Å². The molecule has 0 saturated carbocycles. The average Bonchev–Trinajstić information content (AvgIpc) is 2.62. The van der Waals surface area contributed by atoms with E-state index in [-0.39, 0.29) is 0 Å². The van der Waals surface area contributed by atoms with Crippen LogP contribution in [-0.2, 0) is 0 Å². The maximum absolute atomic E-state index is 12.4. The molecule has 0 aliphatic carbocycles. The Kier molecular flexibility index (Phi) is 3.35. The largest absolute Gasteiger partial charge is 0.423 e. The van der Waals surface area contributed by atoms with Gasteiger partial charge in [-0.25, -0.2) is 9.59 Å². The highest BCUT2D eigenvalue weighted by molar-refractivity contribution is 5.96. The quantitative estimate of drug-likeness (QED) is 0.501. The lowest BCUT2D eigenvalue weighted by atomic mass is 10.0. The molecule has 4 heteroatoms. The van der Waals surface area contributed by atoms with E-state index in [4.69, 9.17) is 9.47 Å². The first-order valence-corrected chi connectivity index (χ1v) is 7.44. The van der Waals surface area contributed by atoms with Crippen LogP contribution in [0.1, 0.15) is 20.7 Å². The smallest absolute Gasteiger partial charge is 0.343 e. The molecule has 0 aromatic heterocycles. The Balaban J connectivity index is 1.89. The van der Waals surface area contributed by atoms with Crippen LogP contribution in [0.2, 0.25) is 0 Å². The van der Waals surface area contributed by atoms with Gasteiger partial charge < -0.3 is 9.47 Å². The molecule has 3 aromatic rings. The minimum absolute atomic E-state index is 0.371. The third-order valence-corrected chi connectivity index (χ3v) is 3.81. The van der Waals surface area contributed by atoms with Gasteiger partial charge in [0.15, 0.2) is 0 Å². The van der Waals surface area contributed by atoms with Crippen molar-refractivity contribution in [3.8, 4) is 22.6 Å². The van der Waals surface area contributed by atoms with Crippen molar-refractivity contribution in [1.82, 2.24) is 0 Å². The minimum atomic E-state index is -0.472. The predicted molar refractivity (Wildman–Crippen MR) is 88.2 cm³/mol. The van der Waals surface area contributed by atoms with Crippen LogP contribution in [0.5, 0.6) is 11.5 Å². The number of ether oxygens (including phenoxy) is 2. The Labute approximate surface area is 138 Å². The van der Waals surface area contributed by atoms with Gasteiger partial charge in [-0.2, -0.15) is 0 Å². The van der Waals surface area contributed by atoms with Gasteiger partial charge in [-0.3, -0.25) is 0 Å². The summed E-state index contributed by atoms with van der Waals surface area (Å²) in [6, 6.07) is 20.6. The maximum Gasteiger partial charge on any atom is 0.343 e. The molecule has 4 heterocycles. The van der Waals surface area contributed by atoms with E-state index in [9.17, 15) is 9.59 Å². The topological polar surface area (TPSA) is 52.6 Å². The highest BCUT2D eigenvalue weighted by Crippen LogP contribution is 2.34. The summed E-state index contributed by atoms with van der Waals surface area (Å²) in [6.45, 7) is 0. The highest BCUT2D eigenvalue weighted by atomic mass is 16.5. The Morgan fingerprint density at radius 2 is 1.21 bits per heavy atom. The Morgan fingerprint density at radius 3 is 1.88 bits per heavy atom. The summed E-state index contributed by atoms with van der Waals surface area (Å²) < 4.78 is 11.0. The second-order valence-electron chi connectivity index (χ2n) is 5.38. The van der Waals surface area contributed by atoms with Crippen molar-refractivity contribution in [3.63, 3.8) is 0 Å². The number of esters is 2. The SMILES string of the molecule is O=C1Oc2ccc(c(-c3ccccc3)c2)OC(=O)c2ccc1cc2. The molecule has 0 saturated heterocycles. The van der Waals surface area contributed by atoms with Crippen molar-refractivity contribution in [1.29, 1.82) is 0 Å². The summed E-state index contributed by atoms with van der Waals surface area (Å²) in [6.07, 6.45) is 0. The van der Waals surface area contributed by atoms with Crippen molar-refractivity contribution >= 4 is 11.9 Å². The number of benzene rings is 3. The maximum atomic E-state index is 12.4. The average molecular weight is 316 g/mol. The van der Waals surface area contributed by atoms with Crippen LogP contribution in [0.4, 0.5) is 0 Å². The zero-order chi connectivity index (χ0) is 16.5. The summed E-state index contributed by atoms with van der Waals surface area (Å²) in [4.78, 5) is 24.6. The first-order valence-electron chi connectivity index (χ1n) is 7.44. The van der Waals surface area contributed by atoms with Crippen LogP contribution in [0, 0.1) is 0 Å². The van der Waals surface area contributed by atoms with Crippen molar-refractivity contribution in [2.24, 2.45) is 0 Å². The minimum Gasteiger partial charge on any atom is -0.423 e. The normalized spacial score (nSPS) is 13.0. The summed E-state index contributed by atoms with van der Waals surface area (Å²) >= 11 is 0. The van der Waals surface area contributed by atoms with E-state index in [0.717, 1.165) is 5.56 Å². The molecule has 0 fully saturated rings. The Hall–Kier alpha value is -3.40. The summed E-state index contributed by atoms with van der Waals surface area (Å²) in [5.74, 6) is -0.137. The van der Waals surface area contributed by atoms with Gasteiger partial charge in [0.25, 0.3) is 0 Å². The van der Waals surface area contributed by atoms with E-state index < -0.39 is 11.9 Å². The molecule has 0 amide bonds. The monoisotopic (exact) mass is 316 g/mol. The summed E-state index contributed by atoms with van der Waals surface area (Å²) in [5.41, 5.74) is 2.29. The molecule has 4 nitrogen and oxygen atoms in total. The second-order valence-corrected chi connectivity index (χ2v) is 5.38. The number of rotatable bonds is 1. The lowest BCUT2D eigenvalue weighted by Gasteiger charge is -2.14. The van der Waals surface area contributed by atoms with Crippen molar-refractivity contribution in [2.75, 3.05) is 0 Å². The first kappa shape index (κ1) is 14.2. The standard InChI is InChI=1S/C20H12O4/c21-19-14-6-8-15(9-7-14)20(22)24-18-11-10-16(23-19)12-17(18)13-4-2-1-3-5-13/h1-12H. The van der Waals surface area contributed by atoms with Crippen molar-refractivity contribution < 1.29 is 19.1 Å². The number of carbonyl (C=O) groups excluding carboxylic acids is 2. The molecule has 0 N–H and O–H groups in total. The fraction of sp³-hybridized carbons (Fsp3) is 0. The third-order valence-electron chi connectivity index (χ3n) is 3.81. The molecule has 4 aliphatic rings. The molecule has 0 unspecified atom stereocenters. The van der Waals surface area contributed by atoms with Crippen LogP contribution in [0.25, 0.3) is 11.1 Å². The molecular weight excluding hydrogens is 304 g/mol. The van der Waals surface area contributed by atoms with Gasteiger partial charge in [-0.1, -0.05) is 30.3 Å². The van der Waals surface area contributed by atoms with E-state index in [2.05, 4.69) is 0 Å². The van der Waals surface area contributed by atoms with E-state index in [0.29, 0.717) is 28.2 Å². The van der Waals surface area contributed by atoms with Gasteiger partial charge in [0.2, 0.25) is 0 Å². The van der Waals surface area contributed by atoms with Gasteiger partial charge in [0, 0.05) is 5.56 Å². The molecule has 4 aliphatic heterocycles. The number of hydrogen-bond acceptors (Lipinski definition) is 4. The van der Waals surface area contributed by atoms with Gasteiger partial charge in [0.05, 0.1) is 11.1 Å². The lowest BCUT2D eigenvalue weighted by molar-refractivity contribution is 0.0715. The molecule has 116 valence electrons.